The quantitative estimate of drug-likeness (QED) is 0.557. The van der Waals surface area contributed by atoms with Crippen molar-refractivity contribution in [2.45, 2.75) is 11.8 Å². The first kappa shape index (κ1) is 15.7. The molecular formula is C16H15ClN4OS. The predicted molar refractivity (Wildman–Crippen MR) is 97.3 cm³/mol. The van der Waals surface area contributed by atoms with Crippen LogP contribution in [0.15, 0.2) is 52.4 Å². The second-order valence-electron chi connectivity index (χ2n) is 4.88. The van der Waals surface area contributed by atoms with Crippen LogP contribution in [0.4, 0.5) is 11.4 Å². The van der Waals surface area contributed by atoms with Crippen LogP contribution >= 0.6 is 23.4 Å². The molecule has 0 unspecified atom stereocenters. The normalized spacial score (nSPS) is 10.9. The average Bonchev–Trinajstić information content (AvgIpc) is 2.53. The molecule has 23 heavy (non-hydrogen) atoms. The Morgan fingerprint density at radius 1 is 1.30 bits per heavy atom. The van der Waals surface area contributed by atoms with Crippen molar-refractivity contribution in [3.8, 4) is 0 Å². The van der Waals surface area contributed by atoms with Gasteiger partial charge in [0, 0.05) is 15.6 Å². The summed E-state index contributed by atoms with van der Waals surface area (Å²) in [5.74, 6) is 0.914. The van der Waals surface area contributed by atoms with Crippen molar-refractivity contribution in [1.29, 1.82) is 0 Å². The number of halogens is 1. The predicted octanol–water partition coefficient (Wildman–Crippen LogP) is 3.62. The van der Waals surface area contributed by atoms with Gasteiger partial charge in [-0.3, -0.25) is 10.2 Å². The fraction of sp³-hybridized carbons (Fsp3) is 0.125. The maximum atomic E-state index is 12.6. The van der Waals surface area contributed by atoms with Crippen LogP contribution in [0.3, 0.4) is 0 Å². The van der Waals surface area contributed by atoms with E-state index in [4.69, 9.17) is 17.3 Å². The van der Waals surface area contributed by atoms with Gasteiger partial charge < -0.3 is 5.73 Å². The highest BCUT2D eigenvalue weighted by Gasteiger charge is 2.08. The van der Waals surface area contributed by atoms with Crippen molar-refractivity contribution in [3.05, 3.63) is 58.1 Å². The number of aromatic nitrogens is 2. The van der Waals surface area contributed by atoms with Crippen molar-refractivity contribution in [1.82, 2.24) is 9.66 Å². The van der Waals surface area contributed by atoms with E-state index in [1.165, 1.54) is 11.0 Å². The van der Waals surface area contributed by atoms with Crippen LogP contribution in [0.2, 0.25) is 5.02 Å². The van der Waals surface area contributed by atoms with E-state index >= 15 is 0 Å². The maximum absolute atomic E-state index is 12.6. The molecule has 0 saturated heterocycles. The van der Waals surface area contributed by atoms with Gasteiger partial charge >= 0.3 is 0 Å². The summed E-state index contributed by atoms with van der Waals surface area (Å²) in [5, 5.41) is 1.06. The largest absolute Gasteiger partial charge is 0.399 e. The molecule has 3 aromatic rings. The molecule has 3 rings (SSSR count). The Bertz CT molecular complexity index is 926. The molecule has 3 N–H and O–H groups in total. The second-order valence-corrected chi connectivity index (χ2v) is 6.62. The van der Waals surface area contributed by atoms with Gasteiger partial charge in [0.2, 0.25) is 0 Å². The molecule has 0 amide bonds. The van der Waals surface area contributed by atoms with Gasteiger partial charge in [0.05, 0.1) is 16.6 Å². The van der Waals surface area contributed by atoms with Crippen LogP contribution in [0.1, 0.15) is 6.92 Å². The minimum absolute atomic E-state index is 0.213. The third-order valence-electron chi connectivity index (χ3n) is 3.26. The zero-order chi connectivity index (χ0) is 16.4. The van der Waals surface area contributed by atoms with Gasteiger partial charge in [-0.2, -0.15) is 0 Å². The number of hydrogen-bond acceptors (Lipinski definition) is 5. The van der Waals surface area contributed by atoms with E-state index < -0.39 is 0 Å². The van der Waals surface area contributed by atoms with Crippen LogP contribution < -0.4 is 16.7 Å². The van der Waals surface area contributed by atoms with Gasteiger partial charge in [-0.25, -0.2) is 9.66 Å². The topological polar surface area (TPSA) is 72.9 Å². The van der Waals surface area contributed by atoms with Gasteiger partial charge in [0.25, 0.3) is 5.56 Å². The van der Waals surface area contributed by atoms with Gasteiger partial charge in [-0.15, -0.1) is 11.8 Å². The summed E-state index contributed by atoms with van der Waals surface area (Å²) in [6.45, 7) is 2.07. The van der Waals surface area contributed by atoms with Crippen LogP contribution in [0.5, 0.6) is 0 Å². The maximum Gasteiger partial charge on any atom is 0.280 e. The van der Waals surface area contributed by atoms with Crippen molar-refractivity contribution < 1.29 is 0 Å². The van der Waals surface area contributed by atoms with E-state index in [1.54, 1.807) is 36.0 Å². The first-order valence-corrected chi connectivity index (χ1v) is 8.41. The molecule has 118 valence electrons. The van der Waals surface area contributed by atoms with E-state index in [9.17, 15) is 4.79 Å². The second kappa shape index (κ2) is 6.52. The standard InChI is InChI=1S/C16H15ClN4OS/c1-2-23-15-6-3-10(17)7-14(15)20-21-9-19-13-5-4-11(18)8-12(13)16(21)22/h3-9,20H,2,18H2,1H3. The van der Waals surface area contributed by atoms with Crippen LogP contribution in [-0.4, -0.2) is 15.4 Å². The molecule has 0 aliphatic carbocycles. The number of anilines is 2. The minimum Gasteiger partial charge on any atom is -0.399 e. The van der Waals surface area contributed by atoms with Crippen molar-refractivity contribution >= 4 is 45.6 Å². The number of nitrogen functional groups attached to an aromatic ring is 1. The first-order chi connectivity index (χ1) is 11.1. The monoisotopic (exact) mass is 346 g/mol. The average molecular weight is 347 g/mol. The zero-order valence-electron chi connectivity index (χ0n) is 12.4. The highest BCUT2D eigenvalue weighted by atomic mass is 35.5. The molecule has 0 aliphatic heterocycles. The third kappa shape index (κ3) is 3.28. The Labute approximate surface area is 142 Å². The lowest BCUT2D eigenvalue weighted by Crippen LogP contribution is -2.26. The molecule has 0 fully saturated rings. The molecule has 7 heteroatoms. The lowest BCUT2D eigenvalue weighted by molar-refractivity contribution is 0.874. The Kier molecular flexibility index (Phi) is 4.45. The number of nitrogens with zero attached hydrogens (tertiary/aromatic N) is 2. The minimum atomic E-state index is -0.213. The Balaban J connectivity index is 2.07. The molecule has 2 aromatic carbocycles. The molecule has 0 atom stereocenters. The first-order valence-electron chi connectivity index (χ1n) is 7.04. The molecule has 5 nitrogen and oxygen atoms in total. The lowest BCUT2D eigenvalue weighted by atomic mass is 10.2. The number of hydrogen-bond donors (Lipinski definition) is 2. The number of nitrogens with one attached hydrogen (secondary N) is 1. The van der Waals surface area contributed by atoms with Crippen LogP contribution in [0.25, 0.3) is 10.9 Å². The number of fused-ring (bicyclic) bond motifs is 1. The van der Waals surface area contributed by atoms with E-state index in [0.717, 1.165) is 16.3 Å². The fourth-order valence-electron chi connectivity index (χ4n) is 2.22. The number of benzene rings is 2. The summed E-state index contributed by atoms with van der Waals surface area (Å²) in [5.41, 5.74) is 10.5. The number of rotatable bonds is 4. The summed E-state index contributed by atoms with van der Waals surface area (Å²) in [6, 6.07) is 10.6. The summed E-state index contributed by atoms with van der Waals surface area (Å²) >= 11 is 7.73. The van der Waals surface area contributed by atoms with Gasteiger partial charge in [-0.05, 0) is 42.2 Å². The molecule has 1 aromatic heterocycles. The van der Waals surface area contributed by atoms with Crippen molar-refractivity contribution in [3.63, 3.8) is 0 Å². The van der Waals surface area contributed by atoms with Crippen LogP contribution in [-0.2, 0) is 0 Å². The lowest BCUT2D eigenvalue weighted by Gasteiger charge is -2.13. The molecule has 1 heterocycles. The van der Waals surface area contributed by atoms with E-state index in [-0.39, 0.29) is 5.56 Å². The molecular weight excluding hydrogens is 332 g/mol. The van der Waals surface area contributed by atoms with E-state index in [2.05, 4.69) is 17.3 Å². The van der Waals surface area contributed by atoms with Gasteiger partial charge in [0.15, 0.2) is 0 Å². The number of nitrogens with two attached hydrogens (primary N) is 1. The Morgan fingerprint density at radius 3 is 2.91 bits per heavy atom. The zero-order valence-corrected chi connectivity index (χ0v) is 14.0. The summed E-state index contributed by atoms with van der Waals surface area (Å²) in [7, 11) is 0. The molecule has 0 bridgehead atoms. The van der Waals surface area contributed by atoms with Crippen molar-refractivity contribution in [2.24, 2.45) is 0 Å². The molecule has 0 saturated carbocycles. The van der Waals surface area contributed by atoms with Crippen molar-refractivity contribution in [2.75, 3.05) is 16.9 Å². The molecule has 0 spiro atoms. The van der Waals surface area contributed by atoms with Gasteiger partial charge in [0.1, 0.15) is 6.33 Å². The van der Waals surface area contributed by atoms with E-state index in [0.29, 0.717) is 21.6 Å². The molecule has 0 radical (unpaired) electrons. The Hall–Kier alpha value is -2.18. The highest BCUT2D eigenvalue weighted by molar-refractivity contribution is 7.99. The Morgan fingerprint density at radius 2 is 2.13 bits per heavy atom. The summed E-state index contributed by atoms with van der Waals surface area (Å²) in [4.78, 5) is 17.9. The van der Waals surface area contributed by atoms with E-state index in [1.807, 2.05) is 12.1 Å². The summed E-state index contributed by atoms with van der Waals surface area (Å²) in [6.07, 6.45) is 1.46. The molecule has 0 aliphatic rings. The summed E-state index contributed by atoms with van der Waals surface area (Å²) < 4.78 is 1.34. The fourth-order valence-corrected chi connectivity index (χ4v) is 3.13. The van der Waals surface area contributed by atoms with Gasteiger partial charge in [-0.1, -0.05) is 18.5 Å². The smallest absolute Gasteiger partial charge is 0.280 e. The van der Waals surface area contributed by atoms with Crippen LogP contribution in [0, 0.1) is 0 Å². The number of thioether (sulfide) groups is 1. The SMILES string of the molecule is CCSc1ccc(Cl)cc1Nn1cnc2ccc(N)cc2c1=O. The highest BCUT2D eigenvalue weighted by Crippen LogP contribution is 2.29. The third-order valence-corrected chi connectivity index (χ3v) is 4.46.